The molecule has 1 fully saturated rings. The maximum absolute atomic E-state index is 12.3. The minimum absolute atomic E-state index is 0.0374. The Morgan fingerprint density at radius 3 is 2.86 bits per heavy atom. The quantitative estimate of drug-likeness (QED) is 0.828. The van der Waals surface area contributed by atoms with Crippen molar-refractivity contribution in [3.63, 3.8) is 0 Å². The molecule has 116 valence electrons. The van der Waals surface area contributed by atoms with Gasteiger partial charge < -0.3 is 10.6 Å². The van der Waals surface area contributed by atoms with Crippen molar-refractivity contribution in [2.24, 2.45) is 11.8 Å². The van der Waals surface area contributed by atoms with Crippen LogP contribution in [0.5, 0.6) is 0 Å². The molecular weight excluding hydrogens is 260 g/mol. The summed E-state index contributed by atoms with van der Waals surface area (Å²) in [6, 6.07) is 7.72. The van der Waals surface area contributed by atoms with Gasteiger partial charge in [-0.25, -0.2) is 0 Å². The molecule has 21 heavy (non-hydrogen) atoms. The first kappa shape index (κ1) is 15.9. The van der Waals surface area contributed by atoms with Crippen LogP contribution < -0.4 is 10.6 Å². The lowest BCUT2D eigenvalue weighted by atomic mass is 9.81. The third-order valence-corrected chi connectivity index (χ3v) is 4.42. The molecule has 0 heterocycles. The second-order valence-corrected chi connectivity index (χ2v) is 6.26. The summed E-state index contributed by atoms with van der Waals surface area (Å²) >= 11 is 0. The molecule has 1 aromatic rings. The Kier molecular flexibility index (Phi) is 6.09. The van der Waals surface area contributed by atoms with Gasteiger partial charge in [-0.15, -0.1) is 0 Å². The molecule has 0 aromatic heterocycles. The number of amides is 1. The van der Waals surface area contributed by atoms with Crippen LogP contribution in [-0.4, -0.2) is 19.0 Å². The molecule has 1 aromatic carbocycles. The first-order chi connectivity index (χ1) is 10.2. The van der Waals surface area contributed by atoms with Gasteiger partial charge in [0, 0.05) is 18.8 Å². The number of anilines is 1. The Balaban J connectivity index is 1.81. The molecule has 1 amide bonds. The summed E-state index contributed by atoms with van der Waals surface area (Å²) in [6.45, 7) is 6.00. The lowest BCUT2D eigenvalue weighted by molar-refractivity contribution is 0.0950. The number of hydrogen-bond acceptors (Lipinski definition) is 2. The molecule has 1 aliphatic rings. The monoisotopic (exact) mass is 288 g/mol. The number of hydrogen-bond donors (Lipinski definition) is 2. The van der Waals surface area contributed by atoms with Crippen molar-refractivity contribution in [1.82, 2.24) is 5.32 Å². The summed E-state index contributed by atoms with van der Waals surface area (Å²) in [5, 5.41) is 6.32. The summed E-state index contributed by atoms with van der Waals surface area (Å²) in [5.41, 5.74) is 1.67. The highest BCUT2D eigenvalue weighted by molar-refractivity contribution is 5.99. The Labute approximate surface area is 128 Å². The molecule has 2 unspecified atom stereocenters. The predicted octanol–water partition coefficient (Wildman–Crippen LogP) is 4.06. The van der Waals surface area contributed by atoms with Crippen LogP contribution in [0.25, 0.3) is 0 Å². The van der Waals surface area contributed by atoms with Gasteiger partial charge in [0.2, 0.25) is 0 Å². The van der Waals surface area contributed by atoms with E-state index in [2.05, 4.69) is 17.6 Å². The fraction of sp³-hybridized carbons (Fsp3) is 0.611. The van der Waals surface area contributed by atoms with E-state index in [4.69, 9.17) is 0 Å². The van der Waals surface area contributed by atoms with Gasteiger partial charge in [0.25, 0.3) is 5.91 Å². The van der Waals surface area contributed by atoms with Gasteiger partial charge >= 0.3 is 0 Å². The van der Waals surface area contributed by atoms with Crippen molar-refractivity contribution >= 4 is 11.6 Å². The Hall–Kier alpha value is -1.51. The fourth-order valence-electron chi connectivity index (χ4n) is 3.33. The molecule has 2 N–H and O–H groups in total. The van der Waals surface area contributed by atoms with E-state index in [-0.39, 0.29) is 5.91 Å². The standard InChI is InChI=1S/C18H28N2O/c1-3-19-17-10-5-4-9-16(17)18(21)20-12-11-15-8-6-7-14(2)13-15/h4-5,9-10,14-15,19H,3,6-8,11-13H2,1-2H3,(H,20,21). The van der Waals surface area contributed by atoms with Crippen LogP contribution in [0.3, 0.4) is 0 Å². The zero-order chi connectivity index (χ0) is 15.1. The molecule has 0 aliphatic heterocycles. The predicted molar refractivity (Wildman–Crippen MR) is 88.7 cm³/mol. The lowest BCUT2D eigenvalue weighted by Crippen LogP contribution is -2.27. The summed E-state index contributed by atoms with van der Waals surface area (Å²) in [6.07, 6.45) is 6.49. The number of para-hydroxylation sites is 1. The number of rotatable bonds is 6. The van der Waals surface area contributed by atoms with E-state index < -0.39 is 0 Å². The van der Waals surface area contributed by atoms with E-state index in [1.807, 2.05) is 31.2 Å². The second-order valence-electron chi connectivity index (χ2n) is 6.26. The molecule has 1 aliphatic carbocycles. The van der Waals surface area contributed by atoms with Crippen molar-refractivity contribution < 1.29 is 4.79 Å². The van der Waals surface area contributed by atoms with Gasteiger partial charge in [0.15, 0.2) is 0 Å². The SMILES string of the molecule is CCNc1ccccc1C(=O)NCCC1CCCC(C)C1. The first-order valence-corrected chi connectivity index (χ1v) is 8.31. The van der Waals surface area contributed by atoms with Crippen LogP contribution in [0, 0.1) is 11.8 Å². The average molecular weight is 288 g/mol. The van der Waals surface area contributed by atoms with E-state index in [0.29, 0.717) is 0 Å². The molecule has 0 spiro atoms. The Bertz CT molecular complexity index is 458. The smallest absolute Gasteiger partial charge is 0.253 e. The zero-order valence-electron chi connectivity index (χ0n) is 13.3. The maximum atomic E-state index is 12.3. The molecule has 3 heteroatoms. The van der Waals surface area contributed by atoms with Crippen molar-refractivity contribution in [2.45, 2.75) is 46.0 Å². The molecule has 0 bridgehead atoms. The highest BCUT2D eigenvalue weighted by atomic mass is 16.1. The highest BCUT2D eigenvalue weighted by Crippen LogP contribution is 2.30. The molecule has 3 nitrogen and oxygen atoms in total. The van der Waals surface area contributed by atoms with Crippen LogP contribution in [0.15, 0.2) is 24.3 Å². The van der Waals surface area contributed by atoms with Gasteiger partial charge in [0.05, 0.1) is 5.56 Å². The van der Waals surface area contributed by atoms with Crippen LogP contribution in [0.4, 0.5) is 5.69 Å². The highest BCUT2D eigenvalue weighted by Gasteiger charge is 2.19. The zero-order valence-corrected chi connectivity index (χ0v) is 13.3. The average Bonchev–Trinajstić information content (AvgIpc) is 2.48. The van der Waals surface area contributed by atoms with Crippen LogP contribution in [-0.2, 0) is 0 Å². The third-order valence-electron chi connectivity index (χ3n) is 4.42. The van der Waals surface area contributed by atoms with E-state index in [1.165, 1.54) is 25.7 Å². The summed E-state index contributed by atoms with van der Waals surface area (Å²) in [7, 11) is 0. The largest absolute Gasteiger partial charge is 0.385 e. The second kappa shape index (κ2) is 8.06. The maximum Gasteiger partial charge on any atom is 0.253 e. The normalized spacial score (nSPS) is 21.8. The number of carbonyl (C=O) groups excluding carboxylic acids is 1. The first-order valence-electron chi connectivity index (χ1n) is 8.31. The van der Waals surface area contributed by atoms with Crippen molar-refractivity contribution in [2.75, 3.05) is 18.4 Å². The van der Waals surface area contributed by atoms with Crippen molar-refractivity contribution in [3.05, 3.63) is 29.8 Å². The van der Waals surface area contributed by atoms with Gasteiger partial charge in [0.1, 0.15) is 0 Å². The minimum atomic E-state index is 0.0374. The molecule has 0 saturated heterocycles. The Morgan fingerprint density at radius 2 is 2.10 bits per heavy atom. The van der Waals surface area contributed by atoms with Crippen molar-refractivity contribution in [3.8, 4) is 0 Å². The van der Waals surface area contributed by atoms with Crippen LogP contribution in [0.2, 0.25) is 0 Å². The summed E-state index contributed by atoms with van der Waals surface area (Å²) in [4.78, 5) is 12.3. The third kappa shape index (κ3) is 4.76. The summed E-state index contributed by atoms with van der Waals surface area (Å²) in [5.74, 6) is 1.68. The number of nitrogens with one attached hydrogen (secondary N) is 2. The number of benzene rings is 1. The minimum Gasteiger partial charge on any atom is -0.385 e. The molecule has 0 radical (unpaired) electrons. The molecular formula is C18H28N2O. The number of carbonyl (C=O) groups is 1. The van der Waals surface area contributed by atoms with Gasteiger partial charge in [-0.2, -0.15) is 0 Å². The fourth-order valence-corrected chi connectivity index (χ4v) is 3.33. The van der Waals surface area contributed by atoms with E-state index in [0.717, 1.165) is 42.6 Å². The van der Waals surface area contributed by atoms with E-state index >= 15 is 0 Å². The van der Waals surface area contributed by atoms with Gasteiger partial charge in [-0.1, -0.05) is 38.3 Å². The van der Waals surface area contributed by atoms with Gasteiger partial charge in [-0.05, 0) is 43.7 Å². The van der Waals surface area contributed by atoms with Crippen molar-refractivity contribution in [1.29, 1.82) is 0 Å². The van der Waals surface area contributed by atoms with Crippen LogP contribution in [0.1, 0.15) is 56.3 Å². The topological polar surface area (TPSA) is 41.1 Å². The van der Waals surface area contributed by atoms with E-state index in [9.17, 15) is 4.79 Å². The molecule has 2 atom stereocenters. The lowest BCUT2D eigenvalue weighted by Gasteiger charge is -2.26. The van der Waals surface area contributed by atoms with Gasteiger partial charge in [-0.3, -0.25) is 4.79 Å². The Morgan fingerprint density at radius 1 is 1.29 bits per heavy atom. The van der Waals surface area contributed by atoms with Crippen LogP contribution >= 0.6 is 0 Å². The van der Waals surface area contributed by atoms with E-state index in [1.54, 1.807) is 0 Å². The summed E-state index contributed by atoms with van der Waals surface area (Å²) < 4.78 is 0. The molecule has 2 rings (SSSR count). The molecule has 1 saturated carbocycles.